The second-order valence-corrected chi connectivity index (χ2v) is 8.53. The molecular formula is C24H21N7O3S. The van der Waals surface area contributed by atoms with Crippen molar-refractivity contribution in [2.45, 2.75) is 11.7 Å². The molecule has 0 fully saturated rings. The van der Waals surface area contributed by atoms with Gasteiger partial charge in [-0.15, -0.1) is 15.3 Å². The Morgan fingerprint density at radius 2 is 1.94 bits per heavy atom. The zero-order chi connectivity index (χ0) is 24.2. The first-order chi connectivity index (χ1) is 17.1. The number of carbonyl (C=O) groups is 1. The van der Waals surface area contributed by atoms with Crippen molar-refractivity contribution in [3.8, 4) is 11.4 Å². The molecule has 0 bridgehead atoms. The number of anilines is 1. The van der Waals surface area contributed by atoms with E-state index in [4.69, 9.17) is 4.74 Å². The smallest absolute Gasteiger partial charge is 0.350 e. The van der Waals surface area contributed by atoms with Crippen molar-refractivity contribution >= 4 is 29.0 Å². The summed E-state index contributed by atoms with van der Waals surface area (Å²) < 4.78 is 9.90. The molecule has 0 saturated heterocycles. The van der Waals surface area contributed by atoms with Gasteiger partial charge in [-0.25, -0.2) is 9.48 Å². The van der Waals surface area contributed by atoms with Crippen LogP contribution in [0.1, 0.15) is 5.56 Å². The van der Waals surface area contributed by atoms with E-state index in [1.807, 2.05) is 53.1 Å². The molecule has 3 aromatic heterocycles. The number of benzene rings is 2. The lowest BCUT2D eigenvalue weighted by Gasteiger charge is -2.09. The summed E-state index contributed by atoms with van der Waals surface area (Å²) in [6.45, 7) is 0.296. The van der Waals surface area contributed by atoms with Crippen LogP contribution in [0.15, 0.2) is 89.2 Å². The first-order valence-corrected chi connectivity index (χ1v) is 11.7. The molecule has 0 aliphatic carbocycles. The number of amides is 1. The molecule has 1 N–H and O–H groups in total. The minimum Gasteiger partial charge on any atom is -0.497 e. The molecule has 5 aromatic rings. The van der Waals surface area contributed by atoms with Crippen molar-refractivity contribution in [1.82, 2.24) is 28.9 Å². The molecule has 10 nitrogen and oxygen atoms in total. The standard InChI is InChI=1S/C24H21N7O3S/c1-34-20-10-8-19(9-11-20)30-16-25-27-23(30)35-15-22(32)26-18-6-4-5-17(13-18)14-31-24(33)29-12-3-2-7-21(29)28-31/h2-13,16H,14-15H2,1H3,(H,26,32). The van der Waals surface area contributed by atoms with Crippen LogP contribution in [0, 0.1) is 0 Å². The average molecular weight is 488 g/mol. The van der Waals surface area contributed by atoms with E-state index in [0.717, 1.165) is 17.0 Å². The van der Waals surface area contributed by atoms with E-state index in [9.17, 15) is 9.59 Å². The van der Waals surface area contributed by atoms with Crippen LogP contribution < -0.4 is 15.7 Å². The van der Waals surface area contributed by atoms with E-state index in [1.54, 1.807) is 37.8 Å². The molecular weight excluding hydrogens is 466 g/mol. The lowest BCUT2D eigenvalue weighted by molar-refractivity contribution is -0.113. The number of hydrogen-bond donors (Lipinski definition) is 1. The van der Waals surface area contributed by atoms with E-state index in [1.165, 1.54) is 20.8 Å². The number of aromatic nitrogens is 6. The van der Waals surface area contributed by atoms with Crippen molar-refractivity contribution < 1.29 is 9.53 Å². The molecule has 176 valence electrons. The van der Waals surface area contributed by atoms with Crippen molar-refractivity contribution in [3.05, 3.63) is 95.3 Å². The summed E-state index contributed by atoms with van der Waals surface area (Å²) in [5.41, 5.74) is 2.73. The lowest BCUT2D eigenvalue weighted by Crippen LogP contribution is -2.21. The van der Waals surface area contributed by atoms with E-state index in [0.29, 0.717) is 23.0 Å². The molecule has 11 heteroatoms. The fourth-order valence-electron chi connectivity index (χ4n) is 3.56. The van der Waals surface area contributed by atoms with E-state index in [-0.39, 0.29) is 17.3 Å². The van der Waals surface area contributed by atoms with E-state index >= 15 is 0 Å². The number of nitrogens with one attached hydrogen (secondary N) is 1. The summed E-state index contributed by atoms with van der Waals surface area (Å²) >= 11 is 1.28. The summed E-state index contributed by atoms with van der Waals surface area (Å²) in [7, 11) is 1.61. The number of hydrogen-bond acceptors (Lipinski definition) is 7. The summed E-state index contributed by atoms with van der Waals surface area (Å²) in [5, 5.41) is 16.0. The Hall–Kier alpha value is -4.38. The Balaban J connectivity index is 1.23. The van der Waals surface area contributed by atoms with Crippen LogP contribution in [0.4, 0.5) is 5.69 Å². The van der Waals surface area contributed by atoms with Gasteiger partial charge < -0.3 is 10.1 Å². The van der Waals surface area contributed by atoms with Crippen molar-refractivity contribution in [1.29, 1.82) is 0 Å². The van der Waals surface area contributed by atoms with Crippen LogP contribution in [-0.2, 0) is 11.3 Å². The topological polar surface area (TPSA) is 108 Å². The Labute approximate surface area is 204 Å². The van der Waals surface area contributed by atoms with Crippen LogP contribution in [0.3, 0.4) is 0 Å². The summed E-state index contributed by atoms with van der Waals surface area (Å²) in [6.07, 6.45) is 3.29. The summed E-state index contributed by atoms with van der Waals surface area (Å²) in [4.78, 5) is 25.1. The van der Waals surface area contributed by atoms with Crippen molar-refractivity contribution in [3.63, 3.8) is 0 Å². The van der Waals surface area contributed by atoms with E-state index in [2.05, 4.69) is 20.6 Å². The predicted molar refractivity (Wildman–Crippen MR) is 132 cm³/mol. The lowest BCUT2D eigenvalue weighted by atomic mass is 10.2. The van der Waals surface area contributed by atoms with Gasteiger partial charge in [0.2, 0.25) is 5.91 Å². The molecule has 0 radical (unpaired) electrons. The Kier molecular flexibility index (Phi) is 6.31. The number of nitrogens with zero attached hydrogens (tertiary/aromatic N) is 6. The second-order valence-electron chi connectivity index (χ2n) is 7.59. The first kappa shape index (κ1) is 22.4. The van der Waals surface area contributed by atoms with Gasteiger partial charge in [-0.3, -0.25) is 13.8 Å². The van der Waals surface area contributed by atoms with E-state index < -0.39 is 0 Å². The van der Waals surface area contributed by atoms with Gasteiger partial charge in [0.1, 0.15) is 12.1 Å². The third-order valence-corrected chi connectivity index (χ3v) is 6.17. The highest BCUT2D eigenvalue weighted by Crippen LogP contribution is 2.22. The number of methoxy groups -OCH3 is 1. The number of fused-ring (bicyclic) bond motifs is 1. The monoisotopic (exact) mass is 487 g/mol. The number of rotatable bonds is 8. The summed E-state index contributed by atoms with van der Waals surface area (Å²) in [5.74, 6) is 0.732. The third kappa shape index (κ3) is 4.94. The number of thioether (sulfide) groups is 1. The molecule has 0 unspecified atom stereocenters. The summed E-state index contributed by atoms with van der Waals surface area (Å²) in [6, 6.07) is 20.2. The second kappa shape index (κ2) is 9.85. The molecule has 35 heavy (non-hydrogen) atoms. The van der Waals surface area contributed by atoms with Crippen LogP contribution in [-0.4, -0.2) is 47.7 Å². The Morgan fingerprint density at radius 3 is 2.74 bits per heavy atom. The molecule has 0 aliphatic heterocycles. The molecule has 0 aliphatic rings. The zero-order valence-electron chi connectivity index (χ0n) is 18.7. The zero-order valence-corrected chi connectivity index (χ0v) is 19.6. The van der Waals surface area contributed by atoms with Gasteiger partial charge in [-0.2, -0.15) is 0 Å². The highest BCUT2D eigenvalue weighted by Gasteiger charge is 2.12. The maximum atomic E-state index is 12.6. The first-order valence-electron chi connectivity index (χ1n) is 10.7. The normalized spacial score (nSPS) is 11.0. The van der Waals surface area contributed by atoms with Crippen LogP contribution in [0.5, 0.6) is 5.75 Å². The Bertz CT molecular complexity index is 1540. The van der Waals surface area contributed by atoms with Gasteiger partial charge in [0.05, 0.1) is 19.4 Å². The number of carbonyl (C=O) groups excluding carboxylic acids is 1. The average Bonchev–Trinajstić information content (AvgIpc) is 3.48. The fourth-order valence-corrected chi connectivity index (χ4v) is 4.29. The van der Waals surface area contributed by atoms with Crippen LogP contribution in [0.2, 0.25) is 0 Å². The number of pyridine rings is 1. The molecule has 1 amide bonds. The van der Waals surface area contributed by atoms with Gasteiger partial charge in [0, 0.05) is 17.6 Å². The van der Waals surface area contributed by atoms with Crippen LogP contribution in [0.25, 0.3) is 11.3 Å². The minimum atomic E-state index is -0.215. The number of ether oxygens (including phenoxy) is 1. The van der Waals surface area contributed by atoms with Gasteiger partial charge in [-0.1, -0.05) is 30.0 Å². The molecule has 3 heterocycles. The van der Waals surface area contributed by atoms with Gasteiger partial charge in [-0.05, 0) is 54.1 Å². The quantitative estimate of drug-likeness (QED) is 0.335. The van der Waals surface area contributed by atoms with Crippen molar-refractivity contribution in [2.24, 2.45) is 0 Å². The molecule has 2 aromatic carbocycles. The predicted octanol–water partition coefficient (Wildman–Crippen LogP) is 2.86. The van der Waals surface area contributed by atoms with Crippen molar-refractivity contribution in [2.75, 3.05) is 18.2 Å². The molecule has 0 atom stereocenters. The highest BCUT2D eigenvalue weighted by molar-refractivity contribution is 7.99. The highest BCUT2D eigenvalue weighted by atomic mass is 32.2. The molecule has 5 rings (SSSR count). The maximum Gasteiger partial charge on any atom is 0.350 e. The maximum absolute atomic E-state index is 12.6. The van der Waals surface area contributed by atoms with Gasteiger partial charge in [0.15, 0.2) is 10.8 Å². The van der Waals surface area contributed by atoms with Gasteiger partial charge >= 0.3 is 5.69 Å². The Morgan fingerprint density at radius 1 is 1.09 bits per heavy atom. The third-order valence-electron chi connectivity index (χ3n) is 5.23. The molecule has 0 spiro atoms. The minimum absolute atomic E-state index is 0.158. The van der Waals surface area contributed by atoms with Gasteiger partial charge in [0.25, 0.3) is 0 Å². The SMILES string of the molecule is COc1ccc(-n2cnnc2SCC(=O)Nc2cccc(Cn3nc4ccccn4c3=O)c2)cc1. The molecule has 0 saturated carbocycles. The largest absolute Gasteiger partial charge is 0.497 e. The van der Waals surface area contributed by atoms with Crippen LogP contribution >= 0.6 is 11.8 Å². The fraction of sp³-hybridized carbons (Fsp3) is 0.125.